The number of hydrogen-bond donors (Lipinski definition) is 1. The number of hydrogen-bond acceptors (Lipinski definition) is 7. The third-order valence-corrected chi connectivity index (χ3v) is 3.52. The largest absolute Gasteiger partial charge is 0.508 e. The Morgan fingerprint density at radius 3 is 2.36 bits per heavy atom. The van der Waals surface area contributed by atoms with E-state index in [1.165, 1.54) is 6.92 Å². The Morgan fingerprint density at radius 1 is 1.20 bits per heavy atom. The van der Waals surface area contributed by atoms with E-state index >= 15 is 0 Å². The lowest BCUT2D eigenvalue weighted by atomic mass is 9.94. The van der Waals surface area contributed by atoms with Crippen LogP contribution in [-0.4, -0.2) is 28.6 Å². The second-order valence-corrected chi connectivity index (χ2v) is 5.82. The molecule has 0 radical (unpaired) electrons. The quantitative estimate of drug-likeness (QED) is 0.411. The Kier molecular flexibility index (Phi) is 7.35. The van der Waals surface area contributed by atoms with Gasteiger partial charge in [-0.25, -0.2) is 0 Å². The minimum Gasteiger partial charge on any atom is -0.508 e. The van der Waals surface area contributed by atoms with E-state index in [2.05, 4.69) is 0 Å². The number of nitrogens with zero attached hydrogens (tertiary/aromatic N) is 1. The van der Waals surface area contributed by atoms with Crippen molar-refractivity contribution >= 4 is 17.6 Å². The molecular formula is C17H23NO7. The van der Waals surface area contributed by atoms with Gasteiger partial charge < -0.3 is 14.6 Å². The Labute approximate surface area is 145 Å². The van der Waals surface area contributed by atoms with Crippen molar-refractivity contribution in [1.82, 2.24) is 0 Å². The Balaban J connectivity index is 3.20. The number of carbonyl (C=O) groups is 2. The maximum atomic E-state index is 12.0. The van der Waals surface area contributed by atoms with Gasteiger partial charge in [-0.05, 0) is 25.8 Å². The number of rotatable bonds is 9. The molecule has 8 heteroatoms. The zero-order valence-electron chi connectivity index (χ0n) is 14.6. The van der Waals surface area contributed by atoms with E-state index in [-0.39, 0.29) is 36.4 Å². The monoisotopic (exact) mass is 353 g/mol. The number of carbonyl (C=O) groups excluding carboxylic acids is 2. The van der Waals surface area contributed by atoms with E-state index in [0.29, 0.717) is 12.8 Å². The summed E-state index contributed by atoms with van der Waals surface area (Å²) in [5, 5.41) is 21.1. The molecule has 1 atom stereocenters. The van der Waals surface area contributed by atoms with Crippen molar-refractivity contribution in [2.45, 2.75) is 52.1 Å². The van der Waals surface area contributed by atoms with Crippen LogP contribution in [0.1, 0.15) is 52.0 Å². The van der Waals surface area contributed by atoms with Crippen molar-refractivity contribution in [3.05, 3.63) is 33.9 Å². The van der Waals surface area contributed by atoms with E-state index in [1.54, 1.807) is 6.92 Å². The second kappa shape index (κ2) is 9.00. The topological polar surface area (TPSA) is 116 Å². The first kappa shape index (κ1) is 20.4. The van der Waals surface area contributed by atoms with E-state index in [0.717, 1.165) is 18.2 Å². The highest BCUT2D eigenvalue weighted by Gasteiger charge is 2.36. The normalized spacial score (nSPS) is 12.9. The van der Waals surface area contributed by atoms with Crippen LogP contribution in [0, 0.1) is 10.1 Å². The van der Waals surface area contributed by atoms with E-state index in [4.69, 9.17) is 9.47 Å². The number of nitro benzene ring substituents is 1. The van der Waals surface area contributed by atoms with Crippen LogP contribution in [0.4, 0.5) is 5.69 Å². The molecule has 0 aromatic heterocycles. The summed E-state index contributed by atoms with van der Waals surface area (Å²) in [4.78, 5) is 34.0. The van der Waals surface area contributed by atoms with Crippen molar-refractivity contribution < 1.29 is 29.1 Å². The molecule has 0 bridgehead atoms. The molecule has 0 fully saturated rings. The lowest BCUT2D eigenvalue weighted by molar-refractivity contribution is -0.385. The van der Waals surface area contributed by atoms with Crippen LogP contribution in [0.3, 0.4) is 0 Å². The molecule has 0 heterocycles. The summed E-state index contributed by atoms with van der Waals surface area (Å²) in [6.07, 6.45) is 1.47. The minimum absolute atomic E-state index is 0.00968. The van der Waals surface area contributed by atoms with Gasteiger partial charge in [0.25, 0.3) is 5.69 Å². The third kappa shape index (κ3) is 5.74. The van der Waals surface area contributed by atoms with Gasteiger partial charge in [0.2, 0.25) is 0 Å². The highest BCUT2D eigenvalue weighted by molar-refractivity contribution is 5.71. The van der Waals surface area contributed by atoms with E-state index in [9.17, 15) is 24.8 Å². The minimum atomic E-state index is -1.54. The number of phenols is 1. The summed E-state index contributed by atoms with van der Waals surface area (Å²) in [5.41, 5.74) is -1.80. The first-order valence-electron chi connectivity index (χ1n) is 8.08. The molecule has 138 valence electrons. The predicted molar refractivity (Wildman–Crippen MR) is 89.0 cm³/mol. The number of non-ortho nitro benzene ring substituents is 1. The molecule has 0 aliphatic carbocycles. The highest BCUT2D eigenvalue weighted by atomic mass is 16.6. The number of benzene rings is 1. The summed E-state index contributed by atoms with van der Waals surface area (Å²) in [6.45, 7) is 4.70. The van der Waals surface area contributed by atoms with Gasteiger partial charge in [0.05, 0.1) is 4.92 Å². The fraction of sp³-hybridized carbons (Fsp3) is 0.529. The molecule has 8 nitrogen and oxygen atoms in total. The van der Waals surface area contributed by atoms with Crippen molar-refractivity contribution in [2.24, 2.45) is 0 Å². The molecule has 0 amide bonds. The van der Waals surface area contributed by atoms with Gasteiger partial charge in [0, 0.05) is 30.5 Å². The molecule has 25 heavy (non-hydrogen) atoms. The van der Waals surface area contributed by atoms with Gasteiger partial charge in [0.15, 0.2) is 5.60 Å². The summed E-state index contributed by atoms with van der Waals surface area (Å²) in [7, 11) is 0. The average Bonchev–Trinajstić information content (AvgIpc) is 2.53. The van der Waals surface area contributed by atoms with Crippen LogP contribution >= 0.6 is 0 Å². The molecule has 1 aromatic rings. The summed E-state index contributed by atoms with van der Waals surface area (Å²) in [5.74, 6) is -1.32. The van der Waals surface area contributed by atoms with Crippen molar-refractivity contribution in [3.63, 3.8) is 0 Å². The van der Waals surface area contributed by atoms with E-state index in [1.807, 2.05) is 6.92 Å². The number of nitro groups is 1. The molecule has 1 unspecified atom stereocenters. The van der Waals surface area contributed by atoms with Crippen molar-refractivity contribution in [2.75, 3.05) is 6.61 Å². The Bertz CT molecular complexity index is 644. The summed E-state index contributed by atoms with van der Waals surface area (Å²) in [6, 6.07) is 3.39. The molecule has 0 saturated carbocycles. The van der Waals surface area contributed by atoms with Crippen LogP contribution in [0.2, 0.25) is 0 Å². The zero-order chi connectivity index (χ0) is 19.0. The standard InChI is InChI=1S/C17H23NO7/c1-4-6-15(20)24-11-17(3,25-16(21)7-5-2)13-10-12(18(22)23)8-9-14(13)19/h8-10,19H,4-7,11H2,1-3H3. The second-order valence-electron chi connectivity index (χ2n) is 5.82. The van der Waals surface area contributed by atoms with Crippen LogP contribution in [0.15, 0.2) is 18.2 Å². The van der Waals surface area contributed by atoms with Crippen LogP contribution in [0.25, 0.3) is 0 Å². The van der Waals surface area contributed by atoms with Crippen LogP contribution in [-0.2, 0) is 24.7 Å². The average molecular weight is 353 g/mol. The SMILES string of the molecule is CCCC(=O)OCC(C)(OC(=O)CCC)c1cc([N+](=O)[O-])ccc1O. The summed E-state index contributed by atoms with van der Waals surface area (Å²) >= 11 is 0. The number of esters is 2. The third-order valence-electron chi connectivity index (χ3n) is 3.52. The van der Waals surface area contributed by atoms with Crippen molar-refractivity contribution in [3.8, 4) is 5.75 Å². The molecule has 1 aromatic carbocycles. The first-order chi connectivity index (χ1) is 11.7. The number of ether oxygens (including phenoxy) is 2. The van der Waals surface area contributed by atoms with Gasteiger partial charge >= 0.3 is 11.9 Å². The molecule has 1 rings (SSSR count). The van der Waals surface area contributed by atoms with Gasteiger partial charge in [-0.1, -0.05) is 13.8 Å². The molecule has 0 spiro atoms. The first-order valence-corrected chi connectivity index (χ1v) is 8.08. The predicted octanol–water partition coefficient (Wildman–Crippen LogP) is 3.20. The van der Waals surface area contributed by atoms with Gasteiger partial charge in [-0.3, -0.25) is 19.7 Å². The lowest BCUT2D eigenvalue weighted by Gasteiger charge is -2.30. The Hall–Kier alpha value is -2.64. The summed E-state index contributed by atoms with van der Waals surface area (Å²) < 4.78 is 10.5. The zero-order valence-corrected chi connectivity index (χ0v) is 14.6. The smallest absolute Gasteiger partial charge is 0.306 e. The van der Waals surface area contributed by atoms with Gasteiger partial charge in [-0.2, -0.15) is 0 Å². The lowest BCUT2D eigenvalue weighted by Crippen LogP contribution is -2.35. The molecule has 0 aliphatic heterocycles. The fourth-order valence-corrected chi connectivity index (χ4v) is 2.22. The van der Waals surface area contributed by atoms with Crippen LogP contribution in [0.5, 0.6) is 5.75 Å². The van der Waals surface area contributed by atoms with Gasteiger partial charge in [0.1, 0.15) is 12.4 Å². The van der Waals surface area contributed by atoms with E-state index < -0.39 is 22.5 Å². The van der Waals surface area contributed by atoms with Gasteiger partial charge in [-0.15, -0.1) is 0 Å². The number of aromatic hydroxyl groups is 1. The molecule has 1 N–H and O–H groups in total. The Morgan fingerprint density at radius 2 is 1.80 bits per heavy atom. The molecular weight excluding hydrogens is 330 g/mol. The highest BCUT2D eigenvalue weighted by Crippen LogP contribution is 2.36. The number of phenolic OH excluding ortho intramolecular Hbond substituents is 1. The maximum Gasteiger partial charge on any atom is 0.306 e. The fourth-order valence-electron chi connectivity index (χ4n) is 2.22. The van der Waals surface area contributed by atoms with Crippen LogP contribution < -0.4 is 0 Å². The maximum absolute atomic E-state index is 12.0. The molecule has 0 saturated heterocycles. The molecule has 0 aliphatic rings. The van der Waals surface area contributed by atoms with Crippen molar-refractivity contribution in [1.29, 1.82) is 0 Å².